The number of nitrogens with zero attached hydrogens (tertiary/aromatic N) is 1. The Morgan fingerprint density at radius 3 is 2.60 bits per heavy atom. The summed E-state index contributed by atoms with van der Waals surface area (Å²) in [5.74, 6) is 1.51. The Morgan fingerprint density at radius 1 is 1.20 bits per heavy atom. The standard InChI is InChI=1S/C13H18N2O4S/c14-8-10-3-5-15(6-4-10)20(16,17)11-1-2-12-13(7-11)19-9-18-12/h1-2,7,10H,3-6,8-9,14H2. The van der Waals surface area contributed by atoms with Gasteiger partial charge in [0.05, 0.1) is 4.90 Å². The SMILES string of the molecule is NCC1CCN(S(=O)(=O)c2ccc3c(c2)OCO3)CC1. The van der Waals surface area contributed by atoms with Crippen LogP contribution in [0.2, 0.25) is 0 Å². The third kappa shape index (κ3) is 2.36. The van der Waals surface area contributed by atoms with Crippen LogP contribution in [-0.4, -0.2) is 39.2 Å². The summed E-state index contributed by atoms with van der Waals surface area (Å²) in [6, 6.07) is 4.74. The molecule has 0 amide bonds. The second-order valence-corrected chi connectivity index (χ2v) is 7.04. The van der Waals surface area contributed by atoms with Crippen LogP contribution >= 0.6 is 0 Å². The van der Waals surface area contributed by atoms with E-state index in [9.17, 15) is 8.42 Å². The van der Waals surface area contributed by atoms with Gasteiger partial charge >= 0.3 is 0 Å². The Morgan fingerprint density at radius 2 is 1.90 bits per heavy atom. The monoisotopic (exact) mass is 298 g/mol. The van der Waals surface area contributed by atoms with Crippen LogP contribution in [-0.2, 0) is 10.0 Å². The molecule has 0 unspecified atom stereocenters. The predicted molar refractivity (Wildman–Crippen MR) is 73.1 cm³/mol. The van der Waals surface area contributed by atoms with Gasteiger partial charge in [0.1, 0.15) is 0 Å². The largest absolute Gasteiger partial charge is 0.454 e. The van der Waals surface area contributed by atoms with E-state index >= 15 is 0 Å². The lowest BCUT2D eigenvalue weighted by Crippen LogP contribution is -2.39. The summed E-state index contributed by atoms with van der Waals surface area (Å²) in [6.07, 6.45) is 1.64. The maximum absolute atomic E-state index is 12.6. The number of fused-ring (bicyclic) bond motifs is 1. The summed E-state index contributed by atoms with van der Waals surface area (Å²) >= 11 is 0. The maximum Gasteiger partial charge on any atom is 0.243 e. The first kappa shape index (κ1) is 13.7. The normalized spacial score (nSPS) is 20.2. The number of ether oxygens (including phenoxy) is 2. The first-order valence-corrected chi connectivity index (χ1v) is 8.15. The van der Waals surface area contributed by atoms with Crippen molar-refractivity contribution in [3.05, 3.63) is 18.2 Å². The minimum atomic E-state index is -3.46. The molecule has 2 aliphatic rings. The van der Waals surface area contributed by atoms with Gasteiger partial charge in [-0.05, 0) is 37.4 Å². The van der Waals surface area contributed by atoms with E-state index < -0.39 is 10.0 Å². The third-order valence-electron chi connectivity index (χ3n) is 3.89. The fourth-order valence-electron chi connectivity index (χ4n) is 2.57. The van der Waals surface area contributed by atoms with Gasteiger partial charge in [-0.15, -0.1) is 0 Å². The van der Waals surface area contributed by atoms with Gasteiger partial charge in [0.25, 0.3) is 0 Å². The highest BCUT2D eigenvalue weighted by atomic mass is 32.2. The van der Waals surface area contributed by atoms with Crippen molar-refractivity contribution in [1.82, 2.24) is 4.31 Å². The molecule has 2 aliphatic heterocycles. The van der Waals surface area contributed by atoms with Crippen LogP contribution in [0.15, 0.2) is 23.1 Å². The summed E-state index contributed by atoms with van der Waals surface area (Å²) in [5.41, 5.74) is 5.63. The van der Waals surface area contributed by atoms with Crippen LogP contribution in [0.3, 0.4) is 0 Å². The summed E-state index contributed by atoms with van der Waals surface area (Å²) in [6.45, 7) is 1.82. The Balaban J connectivity index is 1.82. The van der Waals surface area contributed by atoms with E-state index in [4.69, 9.17) is 15.2 Å². The number of sulfonamides is 1. The van der Waals surface area contributed by atoms with E-state index in [0.717, 1.165) is 12.8 Å². The van der Waals surface area contributed by atoms with Gasteiger partial charge in [0, 0.05) is 19.2 Å². The molecule has 1 aromatic rings. The van der Waals surface area contributed by atoms with Crippen LogP contribution in [0.25, 0.3) is 0 Å². The average molecular weight is 298 g/mol. The number of nitrogens with two attached hydrogens (primary N) is 1. The zero-order valence-corrected chi connectivity index (χ0v) is 11.9. The lowest BCUT2D eigenvalue weighted by Gasteiger charge is -2.30. The highest BCUT2D eigenvalue weighted by Crippen LogP contribution is 2.35. The second kappa shape index (κ2) is 5.23. The molecule has 110 valence electrons. The molecule has 6 nitrogen and oxygen atoms in total. The number of benzene rings is 1. The van der Waals surface area contributed by atoms with Crippen LogP contribution < -0.4 is 15.2 Å². The average Bonchev–Trinajstić information content (AvgIpc) is 2.94. The number of piperidine rings is 1. The van der Waals surface area contributed by atoms with Gasteiger partial charge in [-0.2, -0.15) is 4.31 Å². The number of hydrogen-bond acceptors (Lipinski definition) is 5. The quantitative estimate of drug-likeness (QED) is 0.891. The molecule has 0 atom stereocenters. The van der Waals surface area contributed by atoms with Crippen molar-refractivity contribution in [3.8, 4) is 11.5 Å². The van der Waals surface area contributed by atoms with Gasteiger partial charge in [-0.1, -0.05) is 0 Å². The molecule has 1 aromatic carbocycles. The maximum atomic E-state index is 12.6. The Kier molecular flexibility index (Phi) is 3.57. The predicted octanol–water partition coefficient (Wildman–Crippen LogP) is 0.775. The van der Waals surface area contributed by atoms with E-state index in [-0.39, 0.29) is 11.7 Å². The molecule has 2 N–H and O–H groups in total. The number of rotatable bonds is 3. The Hall–Kier alpha value is -1.31. The van der Waals surface area contributed by atoms with E-state index in [1.165, 1.54) is 10.4 Å². The van der Waals surface area contributed by atoms with Gasteiger partial charge < -0.3 is 15.2 Å². The molecule has 2 heterocycles. The molecule has 3 rings (SSSR count). The minimum Gasteiger partial charge on any atom is -0.454 e. The highest BCUT2D eigenvalue weighted by molar-refractivity contribution is 7.89. The smallest absolute Gasteiger partial charge is 0.243 e. The van der Waals surface area contributed by atoms with Crippen LogP contribution in [0.1, 0.15) is 12.8 Å². The van der Waals surface area contributed by atoms with E-state index in [1.807, 2.05) is 0 Å². The molecule has 7 heteroatoms. The molecule has 0 radical (unpaired) electrons. The first-order valence-electron chi connectivity index (χ1n) is 6.71. The first-order chi connectivity index (χ1) is 9.61. The topological polar surface area (TPSA) is 81.9 Å². The van der Waals surface area contributed by atoms with Crippen LogP contribution in [0, 0.1) is 5.92 Å². The van der Waals surface area contributed by atoms with Crippen molar-refractivity contribution in [2.75, 3.05) is 26.4 Å². The fraction of sp³-hybridized carbons (Fsp3) is 0.538. The van der Waals surface area contributed by atoms with Crippen LogP contribution in [0.5, 0.6) is 11.5 Å². The number of hydrogen-bond donors (Lipinski definition) is 1. The van der Waals surface area contributed by atoms with Crippen LogP contribution in [0.4, 0.5) is 0 Å². The molecule has 0 saturated carbocycles. The second-order valence-electron chi connectivity index (χ2n) is 5.10. The molecular weight excluding hydrogens is 280 g/mol. The van der Waals surface area contributed by atoms with E-state index in [0.29, 0.717) is 37.1 Å². The summed E-state index contributed by atoms with van der Waals surface area (Å²) in [4.78, 5) is 0.257. The summed E-state index contributed by atoms with van der Waals surface area (Å²) < 4.78 is 37.1. The van der Waals surface area contributed by atoms with Crippen molar-refractivity contribution in [2.24, 2.45) is 11.7 Å². The molecular formula is C13H18N2O4S. The zero-order chi connectivity index (χ0) is 14.2. The lowest BCUT2D eigenvalue weighted by molar-refractivity contribution is 0.174. The van der Waals surface area contributed by atoms with E-state index in [2.05, 4.69) is 0 Å². The van der Waals surface area contributed by atoms with Gasteiger partial charge in [0.2, 0.25) is 16.8 Å². The molecule has 0 bridgehead atoms. The van der Waals surface area contributed by atoms with Crippen molar-refractivity contribution < 1.29 is 17.9 Å². The van der Waals surface area contributed by atoms with Crippen molar-refractivity contribution >= 4 is 10.0 Å². The van der Waals surface area contributed by atoms with Crippen molar-refractivity contribution in [2.45, 2.75) is 17.7 Å². The fourth-order valence-corrected chi connectivity index (χ4v) is 4.06. The van der Waals surface area contributed by atoms with Gasteiger partial charge in [-0.3, -0.25) is 0 Å². The zero-order valence-electron chi connectivity index (χ0n) is 11.1. The molecule has 1 fully saturated rings. The Bertz CT molecular complexity index is 594. The molecule has 0 spiro atoms. The summed E-state index contributed by atoms with van der Waals surface area (Å²) in [7, 11) is -3.46. The van der Waals surface area contributed by atoms with Gasteiger partial charge in [-0.25, -0.2) is 8.42 Å². The van der Waals surface area contributed by atoms with Crippen molar-refractivity contribution in [1.29, 1.82) is 0 Å². The molecule has 0 aromatic heterocycles. The molecule has 1 saturated heterocycles. The molecule has 0 aliphatic carbocycles. The van der Waals surface area contributed by atoms with Gasteiger partial charge in [0.15, 0.2) is 11.5 Å². The lowest BCUT2D eigenvalue weighted by atomic mass is 9.99. The van der Waals surface area contributed by atoms with E-state index in [1.54, 1.807) is 12.1 Å². The highest BCUT2D eigenvalue weighted by Gasteiger charge is 2.30. The Labute approximate surface area is 118 Å². The van der Waals surface area contributed by atoms with Crippen molar-refractivity contribution in [3.63, 3.8) is 0 Å². The molecule has 20 heavy (non-hydrogen) atoms. The summed E-state index contributed by atoms with van der Waals surface area (Å²) in [5, 5.41) is 0. The minimum absolute atomic E-state index is 0.140. The third-order valence-corrected chi connectivity index (χ3v) is 5.78.